The van der Waals surface area contributed by atoms with E-state index in [-0.39, 0.29) is 11.5 Å². The minimum atomic E-state index is -0.194. The van der Waals surface area contributed by atoms with Gasteiger partial charge in [0.2, 0.25) is 0 Å². The first-order valence-electron chi connectivity index (χ1n) is 9.13. The smallest absolute Gasteiger partial charge is 0.261 e. The first-order chi connectivity index (χ1) is 14.0. The maximum atomic E-state index is 12.5. The maximum Gasteiger partial charge on any atom is 0.261 e. The van der Waals surface area contributed by atoms with Crippen molar-refractivity contribution in [2.24, 2.45) is 7.05 Å². The Morgan fingerprint density at radius 2 is 2.00 bits per heavy atom. The van der Waals surface area contributed by atoms with Crippen molar-refractivity contribution in [1.29, 1.82) is 0 Å². The number of aromatic amines is 1. The van der Waals surface area contributed by atoms with Crippen LogP contribution in [-0.4, -0.2) is 31.8 Å². The molecule has 0 aliphatic carbocycles. The fourth-order valence-corrected chi connectivity index (χ4v) is 3.30. The minimum Gasteiger partial charge on any atom is -0.352 e. The molecule has 2 aromatic heterocycles. The Bertz CT molecular complexity index is 1290. The van der Waals surface area contributed by atoms with Crippen LogP contribution >= 0.6 is 12.2 Å². The molecule has 4 rings (SSSR count). The van der Waals surface area contributed by atoms with Gasteiger partial charge in [-0.2, -0.15) is 5.10 Å². The predicted octanol–water partition coefficient (Wildman–Crippen LogP) is 2.75. The number of aromatic nitrogens is 4. The third-order valence-corrected chi connectivity index (χ3v) is 5.14. The SMILES string of the molecule is Cn1c(=S)[nH]c2cc(C(=O)NCCc3ccc(-n4cccn4)cc3)ccc2c1=O. The van der Waals surface area contributed by atoms with Gasteiger partial charge in [-0.05, 0) is 60.6 Å². The Morgan fingerprint density at radius 1 is 1.21 bits per heavy atom. The summed E-state index contributed by atoms with van der Waals surface area (Å²) in [5.74, 6) is -0.194. The number of carbonyl (C=O) groups is 1. The highest BCUT2D eigenvalue weighted by molar-refractivity contribution is 7.71. The van der Waals surface area contributed by atoms with Crippen molar-refractivity contribution in [3.05, 3.63) is 87.2 Å². The summed E-state index contributed by atoms with van der Waals surface area (Å²) in [6.45, 7) is 0.505. The molecule has 2 heterocycles. The number of nitrogens with one attached hydrogen (secondary N) is 2. The Morgan fingerprint density at radius 3 is 2.72 bits per heavy atom. The van der Waals surface area contributed by atoms with Crippen LogP contribution in [0.15, 0.2) is 65.7 Å². The number of H-pyrrole nitrogens is 1. The third kappa shape index (κ3) is 3.88. The average Bonchev–Trinajstić information content (AvgIpc) is 3.27. The van der Waals surface area contributed by atoms with E-state index in [4.69, 9.17) is 12.2 Å². The molecule has 0 fully saturated rings. The lowest BCUT2D eigenvalue weighted by Gasteiger charge is -2.08. The van der Waals surface area contributed by atoms with Gasteiger partial charge < -0.3 is 10.3 Å². The van der Waals surface area contributed by atoms with E-state index in [1.807, 2.05) is 36.5 Å². The second kappa shape index (κ2) is 7.84. The number of hydrogen-bond donors (Lipinski definition) is 2. The Hall–Kier alpha value is -3.52. The first-order valence-corrected chi connectivity index (χ1v) is 9.54. The van der Waals surface area contributed by atoms with Crippen molar-refractivity contribution in [3.63, 3.8) is 0 Å². The van der Waals surface area contributed by atoms with Crippen LogP contribution in [0, 0.1) is 4.77 Å². The van der Waals surface area contributed by atoms with Crippen LogP contribution < -0.4 is 10.9 Å². The molecule has 0 bridgehead atoms. The van der Waals surface area contributed by atoms with Crippen molar-refractivity contribution in [3.8, 4) is 5.69 Å². The van der Waals surface area contributed by atoms with Gasteiger partial charge in [0.15, 0.2) is 4.77 Å². The fourth-order valence-electron chi connectivity index (χ4n) is 3.11. The molecule has 2 aromatic carbocycles. The molecule has 0 aliphatic heterocycles. The second-order valence-corrected chi connectivity index (χ2v) is 7.06. The largest absolute Gasteiger partial charge is 0.352 e. The summed E-state index contributed by atoms with van der Waals surface area (Å²) in [6, 6.07) is 14.9. The van der Waals surface area contributed by atoms with Gasteiger partial charge >= 0.3 is 0 Å². The van der Waals surface area contributed by atoms with Crippen molar-refractivity contribution in [2.45, 2.75) is 6.42 Å². The van der Waals surface area contributed by atoms with E-state index < -0.39 is 0 Å². The van der Waals surface area contributed by atoms with Crippen molar-refractivity contribution in [2.75, 3.05) is 6.54 Å². The number of amides is 1. The summed E-state index contributed by atoms with van der Waals surface area (Å²) in [5.41, 5.74) is 2.95. The molecule has 2 N–H and O–H groups in total. The summed E-state index contributed by atoms with van der Waals surface area (Å²) in [4.78, 5) is 27.7. The Kier molecular flexibility index (Phi) is 5.09. The number of rotatable bonds is 5. The molecule has 1 amide bonds. The van der Waals surface area contributed by atoms with Crippen LogP contribution in [0.3, 0.4) is 0 Å². The maximum absolute atomic E-state index is 12.5. The van der Waals surface area contributed by atoms with E-state index in [0.29, 0.717) is 34.2 Å². The van der Waals surface area contributed by atoms with E-state index in [2.05, 4.69) is 15.4 Å². The predicted molar refractivity (Wildman–Crippen MR) is 114 cm³/mol. The lowest BCUT2D eigenvalue weighted by molar-refractivity contribution is 0.0954. The van der Waals surface area contributed by atoms with E-state index in [9.17, 15) is 9.59 Å². The van der Waals surface area contributed by atoms with Gasteiger partial charge in [-0.1, -0.05) is 12.1 Å². The highest BCUT2D eigenvalue weighted by atomic mass is 32.1. The van der Waals surface area contributed by atoms with Crippen molar-refractivity contribution < 1.29 is 4.79 Å². The third-order valence-electron chi connectivity index (χ3n) is 4.77. The van der Waals surface area contributed by atoms with Gasteiger partial charge in [-0.15, -0.1) is 0 Å². The van der Waals surface area contributed by atoms with E-state index in [1.54, 1.807) is 36.1 Å². The molecule has 7 nitrogen and oxygen atoms in total. The molecule has 4 aromatic rings. The molecule has 0 radical (unpaired) electrons. The summed E-state index contributed by atoms with van der Waals surface area (Å²) in [5, 5.41) is 7.61. The lowest BCUT2D eigenvalue weighted by Crippen LogP contribution is -2.26. The average molecular weight is 405 g/mol. The zero-order valence-corrected chi connectivity index (χ0v) is 16.6. The molecular weight excluding hydrogens is 386 g/mol. The molecule has 8 heteroatoms. The molecule has 0 atom stereocenters. The Labute approximate surface area is 171 Å². The molecular formula is C21H19N5O2S. The molecule has 0 spiro atoms. The molecule has 0 saturated heterocycles. The van der Waals surface area contributed by atoms with Gasteiger partial charge in [0.25, 0.3) is 11.5 Å². The number of benzene rings is 2. The number of fused-ring (bicyclic) bond motifs is 1. The van der Waals surface area contributed by atoms with Gasteiger partial charge in [0.05, 0.1) is 16.6 Å². The summed E-state index contributed by atoms with van der Waals surface area (Å²) < 4.78 is 3.48. The standard InChI is InChI=1S/C21H19N5O2S/c1-25-20(28)17-8-5-15(13-18(17)24-21(25)29)19(27)22-11-9-14-3-6-16(7-4-14)26-12-2-10-23-26/h2-8,10,12-13H,9,11H2,1H3,(H,22,27)(H,24,29). The van der Waals surface area contributed by atoms with E-state index in [1.165, 1.54) is 4.57 Å². The molecule has 0 unspecified atom stereocenters. The molecule has 0 saturated carbocycles. The Balaban J connectivity index is 1.41. The fraction of sp³-hybridized carbons (Fsp3) is 0.143. The molecule has 146 valence electrons. The summed E-state index contributed by atoms with van der Waals surface area (Å²) in [7, 11) is 1.61. The number of nitrogens with zero attached hydrogens (tertiary/aromatic N) is 3. The van der Waals surface area contributed by atoms with Crippen LogP contribution in [0.4, 0.5) is 0 Å². The zero-order valence-electron chi connectivity index (χ0n) is 15.8. The van der Waals surface area contributed by atoms with Gasteiger partial charge in [0, 0.05) is 31.5 Å². The summed E-state index contributed by atoms with van der Waals surface area (Å²) >= 11 is 5.14. The lowest BCUT2D eigenvalue weighted by atomic mass is 10.1. The number of hydrogen-bond acceptors (Lipinski definition) is 4. The monoisotopic (exact) mass is 405 g/mol. The highest BCUT2D eigenvalue weighted by Gasteiger charge is 2.09. The molecule has 29 heavy (non-hydrogen) atoms. The second-order valence-electron chi connectivity index (χ2n) is 6.68. The minimum absolute atomic E-state index is 0.186. The topological polar surface area (TPSA) is 84.7 Å². The van der Waals surface area contributed by atoms with Gasteiger partial charge in [-0.3, -0.25) is 14.2 Å². The van der Waals surface area contributed by atoms with E-state index >= 15 is 0 Å². The van der Waals surface area contributed by atoms with Crippen LogP contribution in [0.5, 0.6) is 0 Å². The van der Waals surface area contributed by atoms with Crippen molar-refractivity contribution >= 4 is 29.0 Å². The van der Waals surface area contributed by atoms with Crippen LogP contribution in [-0.2, 0) is 13.5 Å². The normalized spacial score (nSPS) is 10.9. The van der Waals surface area contributed by atoms with Gasteiger partial charge in [-0.25, -0.2) is 4.68 Å². The van der Waals surface area contributed by atoms with Gasteiger partial charge in [0.1, 0.15) is 0 Å². The highest BCUT2D eigenvalue weighted by Crippen LogP contribution is 2.11. The quantitative estimate of drug-likeness (QED) is 0.500. The molecule has 0 aliphatic rings. The van der Waals surface area contributed by atoms with Crippen LogP contribution in [0.25, 0.3) is 16.6 Å². The number of carbonyl (C=O) groups excluding carboxylic acids is 1. The van der Waals surface area contributed by atoms with E-state index in [0.717, 1.165) is 11.3 Å². The van der Waals surface area contributed by atoms with Crippen molar-refractivity contribution in [1.82, 2.24) is 24.6 Å². The zero-order chi connectivity index (χ0) is 20.4. The van der Waals surface area contributed by atoms with Crippen LogP contribution in [0.1, 0.15) is 15.9 Å². The van der Waals surface area contributed by atoms with Crippen LogP contribution in [0.2, 0.25) is 0 Å². The first kappa shape index (κ1) is 18.8. The summed E-state index contributed by atoms with van der Waals surface area (Å²) in [6.07, 6.45) is 4.34.